The van der Waals surface area contributed by atoms with Crippen molar-refractivity contribution in [3.8, 4) is 0 Å². The third kappa shape index (κ3) is 2.12. The van der Waals surface area contributed by atoms with Gasteiger partial charge in [0, 0.05) is 12.3 Å². The summed E-state index contributed by atoms with van der Waals surface area (Å²) in [6, 6.07) is 0. The highest BCUT2D eigenvalue weighted by Crippen LogP contribution is 2.37. The first kappa shape index (κ1) is 9.23. The fraction of sp³-hybridized carbons (Fsp3) is 0.917. The molecule has 2 atom stereocenters. The van der Waals surface area contributed by atoms with Crippen molar-refractivity contribution in [1.29, 1.82) is 0 Å². The van der Waals surface area contributed by atoms with Gasteiger partial charge < -0.3 is 0 Å². The SMILES string of the molecule is O=C1CCCCCC[C@@H]2CCC[C@H]12. The zero-order chi connectivity index (χ0) is 9.10. The van der Waals surface area contributed by atoms with Gasteiger partial charge in [-0.15, -0.1) is 0 Å². The van der Waals surface area contributed by atoms with Gasteiger partial charge in [0.05, 0.1) is 0 Å². The lowest BCUT2D eigenvalue weighted by Gasteiger charge is -2.16. The lowest BCUT2D eigenvalue weighted by Crippen LogP contribution is -2.18. The van der Waals surface area contributed by atoms with Crippen molar-refractivity contribution in [2.75, 3.05) is 0 Å². The minimum atomic E-state index is 0.470. The number of fused-ring (bicyclic) bond motifs is 1. The van der Waals surface area contributed by atoms with Crippen LogP contribution in [0.4, 0.5) is 0 Å². The normalized spacial score (nSPS) is 36.2. The van der Waals surface area contributed by atoms with Gasteiger partial charge in [-0.05, 0) is 31.6 Å². The molecule has 0 aromatic heterocycles. The van der Waals surface area contributed by atoms with Crippen molar-refractivity contribution in [3.63, 3.8) is 0 Å². The van der Waals surface area contributed by atoms with Crippen LogP contribution < -0.4 is 0 Å². The molecule has 0 unspecified atom stereocenters. The van der Waals surface area contributed by atoms with E-state index in [1.54, 1.807) is 0 Å². The average Bonchev–Trinajstić information content (AvgIpc) is 2.58. The number of rotatable bonds is 0. The Kier molecular flexibility index (Phi) is 3.02. The predicted molar refractivity (Wildman–Crippen MR) is 53.5 cm³/mol. The van der Waals surface area contributed by atoms with E-state index in [0.717, 1.165) is 18.8 Å². The molecular formula is C12H20O. The number of carbonyl (C=O) groups is 1. The number of carbonyl (C=O) groups excluding carboxylic acids is 1. The van der Waals surface area contributed by atoms with Crippen molar-refractivity contribution in [3.05, 3.63) is 0 Å². The van der Waals surface area contributed by atoms with Crippen LogP contribution in [0.5, 0.6) is 0 Å². The molecule has 1 nitrogen and oxygen atoms in total. The monoisotopic (exact) mass is 180 g/mol. The van der Waals surface area contributed by atoms with Gasteiger partial charge in [-0.1, -0.05) is 25.7 Å². The van der Waals surface area contributed by atoms with Crippen LogP contribution in [-0.2, 0) is 4.79 Å². The molecule has 0 aliphatic heterocycles. The smallest absolute Gasteiger partial charge is 0.136 e. The molecule has 0 saturated heterocycles. The number of hydrogen-bond donors (Lipinski definition) is 0. The van der Waals surface area contributed by atoms with Crippen LogP contribution in [0.15, 0.2) is 0 Å². The third-order valence-electron chi connectivity index (χ3n) is 3.82. The van der Waals surface area contributed by atoms with Crippen molar-refractivity contribution in [1.82, 2.24) is 0 Å². The fourth-order valence-corrected chi connectivity index (χ4v) is 3.05. The van der Waals surface area contributed by atoms with E-state index >= 15 is 0 Å². The Morgan fingerprint density at radius 2 is 1.62 bits per heavy atom. The van der Waals surface area contributed by atoms with Gasteiger partial charge in [0.15, 0.2) is 0 Å². The van der Waals surface area contributed by atoms with Gasteiger partial charge >= 0.3 is 0 Å². The van der Waals surface area contributed by atoms with E-state index in [9.17, 15) is 4.79 Å². The van der Waals surface area contributed by atoms with Crippen LogP contribution in [0.25, 0.3) is 0 Å². The van der Waals surface area contributed by atoms with E-state index < -0.39 is 0 Å². The number of ketones is 1. The first-order chi connectivity index (χ1) is 6.38. The maximum Gasteiger partial charge on any atom is 0.136 e. The summed E-state index contributed by atoms with van der Waals surface area (Å²) in [5.74, 6) is 1.83. The van der Waals surface area contributed by atoms with Crippen LogP contribution in [0.2, 0.25) is 0 Å². The molecule has 2 rings (SSSR count). The summed E-state index contributed by atoms with van der Waals surface area (Å²) in [7, 11) is 0. The van der Waals surface area contributed by atoms with Crippen molar-refractivity contribution in [2.24, 2.45) is 11.8 Å². The second kappa shape index (κ2) is 4.26. The lowest BCUT2D eigenvalue weighted by atomic mass is 9.88. The van der Waals surface area contributed by atoms with E-state index in [2.05, 4.69) is 0 Å². The van der Waals surface area contributed by atoms with Crippen molar-refractivity contribution >= 4 is 5.78 Å². The van der Waals surface area contributed by atoms with Gasteiger partial charge in [0.1, 0.15) is 5.78 Å². The van der Waals surface area contributed by atoms with E-state index in [4.69, 9.17) is 0 Å². The standard InChI is InChI=1S/C12H20O/c13-12-9-4-2-1-3-6-10-7-5-8-11(10)12/h10-11H,1-9H2/t10-,11+/m1/s1. The summed E-state index contributed by atoms with van der Waals surface area (Å²) >= 11 is 0. The van der Waals surface area contributed by atoms with E-state index in [1.165, 1.54) is 44.9 Å². The highest BCUT2D eigenvalue weighted by Gasteiger charge is 2.32. The maximum absolute atomic E-state index is 11.8. The Labute approximate surface area is 80.9 Å². The maximum atomic E-state index is 11.8. The third-order valence-corrected chi connectivity index (χ3v) is 3.82. The Morgan fingerprint density at radius 3 is 2.54 bits per heavy atom. The summed E-state index contributed by atoms with van der Waals surface area (Å²) in [6.45, 7) is 0. The summed E-state index contributed by atoms with van der Waals surface area (Å²) in [5.41, 5.74) is 0. The molecule has 2 saturated carbocycles. The highest BCUT2D eigenvalue weighted by molar-refractivity contribution is 5.81. The van der Waals surface area contributed by atoms with Crippen LogP contribution in [0, 0.1) is 11.8 Å². The largest absolute Gasteiger partial charge is 0.299 e. The van der Waals surface area contributed by atoms with Gasteiger partial charge in [-0.3, -0.25) is 4.79 Å². The zero-order valence-electron chi connectivity index (χ0n) is 8.43. The number of hydrogen-bond acceptors (Lipinski definition) is 1. The summed E-state index contributed by atoms with van der Waals surface area (Å²) in [4.78, 5) is 11.8. The van der Waals surface area contributed by atoms with Crippen molar-refractivity contribution < 1.29 is 4.79 Å². The molecule has 0 amide bonds. The second-order valence-electron chi connectivity index (χ2n) is 4.72. The van der Waals surface area contributed by atoms with Gasteiger partial charge in [0.25, 0.3) is 0 Å². The molecule has 2 aliphatic carbocycles. The Bertz CT molecular complexity index is 186. The van der Waals surface area contributed by atoms with Crippen LogP contribution >= 0.6 is 0 Å². The molecule has 1 heteroatoms. The van der Waals surface area contributed by atoms with Crippen LogP contribution in [-0.4, -0.2) is 5.78 Å². The number of Topliss-reactive ketones (excluding diaryl/α,β-unsaturated/α-hetero) is 1. The van der Waals surface area contributed by atoms with Crippen molar-refractivity contribution in [2.45, 2.75) is 57.8 Å². The van der Waals surface area contributed by atoms with Gasteiger partial charge in [-0.2, -0.15) is 0 Å². The van der Waals surface area contributed by atoms with Crippen LogP contribution in [0.3, 0.4) is 0 Å². The predicted octanol–water partition coefficient (Wildman–Crippen LogP) is 3.33. The summed E-state index contributed by atoms with van der Waals surface area (Å²) in [6.07, 6.45) is 11.2. The molecule has 0 radical (unpaired) electrons. The Balaban J connectivity index is 2.00. The average molecular weight is 180 g/mol. The first-order valence-corrected chi connectivity index (χ1v) is 5.90. The second-order valence-corrected chi connectivity index (χ2v) is 4.72. The molecular weight excluding hydrogens is 160 g/mol. The Hall–Kier alpha value is -0.330. The molecule has 0 aromatic rings. The fourth-order valence-electron chi connectivity index (χ4n) is 3.05. The molecule has 0 bridgehead atoms. The molecule has 0 heterocycles. The van der Waals surface area contributed by atoms with E-state index in [1.807, 2.05) is 0 Å². The zero-order valence-corrected chi connectivity index (χ0v) is 8.43. The highest BCUT2D eigenvalue weighted by atomic mass is 16.1. The topological polar surface area (TPSA) is 17.1 Å². The molecule has 0 aromatic carbocycles. The summed E-state index contributed by atoms with van der Waals surface area (Å²) in [5, 5.41) is 0. The minimum absolute atomic E-state index is 0.470. The molecule has 2 fully saturated rings. The quantitative estimate of drug-likeness (QED) is 0.559. The Morgan fingerprint density at radius 1 is 0.846 bits per heavy atom. The summed E-state index contributed by atoms with van der Waals surface area (Å²) < 4.78 is 0. The molecule has 0 spiro atoms. The molecule has 0 N–H and O–H groups in total. The van der Waals surface area contributed by atoms with E-state index in [0.29, 0.717) is 11.7 Å². The van der Waals surface area contributed by atoms with Gasteiger partial charge in [-0.25, -0.2) is 0 Å². The van der Waals surface area contributed by atoms with E-state index in [-0.39, 0.29) is 0 Å². The molecule has 13 heavy (non-hydrogen) atoms. The molecule has 74 valence electrons. The van der Waals surface area contributed by atoms with Gasteiger partial charge in [0.2, 0.25) is 0 Å². The van der Waals surface area contributed by atoms with Crippen LogP contribution in [0.1, 0.15) is 57.8 Å². The lowest BCUT2D eigenvalue weighted by molar-refractivity contribution is -0.123. The minimum Gasteiger partial charge on any atom is -0.299 e. The first-order valence-electron chi connectivity index (χ1n) is 5.90. The molecule has 2 aliphatic rings.